The molecule has 0 saturated carbocycles. The molecule has 3 unspecified atom stereocenters. The zero-order valence-electron chi connectivity index (χ0n) is 9.90. The molecule has 1 fully saturated rings. The molecule has 92 valence electrons. The van der Waals surface area contributed by atoms with E-state index in [0.717, 1.165) is 11.3 Å². The number of hydrogen-bond acceptors (Lipinski definition) is 4. The molecule has 1 aliphatic rings. The highest BCUT2D eigenvalue weighted by Gasteiger charge is 2.39. The van der Waals surface area contributed by atoms with Gasteiger partial charge in [-0.05, 0) is 24.6 Å². The molecule has 5 heteroatoms. The summed E-state index contributed by atoms with van der Waals surface area (Å²) >= 11 is 0. The first-order chi connectivity index (χ1) is 8.13. The third-order valence-corrected chi connectivity index (χ3v) is 3.18. The van der Waals surface area contributed by atoms with E-state index in [2.05, 4.69) is 16.2 Å². The van der Waals surface area contributed by atoms with Crippen molar-refractivity contribution < 1.29 is 9.90 Å². The Kier molecular flexibility index (Phi) is 3.31. The van der Waals surface area contributed by atoms with Gasteiger partial charge in [-0.25, -0.2) is 5.43 Å². The minimum atomic E-state index is -0.783. The van der Waals surface area contributed by atoms with E-state index in [-0.39, 0.29) is 12.1 Å². The second-order valence-electron chi connectivity index (χ2n) is 4.29. The smallest absolute Gasteiger partial charge is 0.310 e. The minimum Gasteiger partial charge on any atom is -0.481 e. The van der Waals surface area contributed by atoms with Crippen molar-refractivity contribution in [3.05, 3.63) is 29.8 Å². The van der Waals surface area contributed by atoms with Gasteiger partial charge >= 0.3 is 5.97 Å². The van der Waals surface area contributed by atoms with Crippen LogP contribution in [0.1, 0.15) is 18.5 Å². The number of anilines is 1. The number of rotatable bonds is 3. The van der Waals surface area contributed by atoms with E-state index in [1.807, 2.05) is 38.2 Å². The van der Waals surface area contributed by atoms with Gasteiger partial charge in [-0.2, -0.15) is 0 Å². The summed E-state index contributed by atoms with van der Waals surface area (Å²) in [4.78, 5) is 11.3. The summed E-state index contributed by atoms with van der Waals surface area (Å²) in [5, 5.41) is 12.3. The average molecular weight is 235 g/mol. The van der Waals surface area contributed by atoms with Crippen LogP contribution in [0.5, 0.6) is 0 Å². The summed E-state index contributed by atoms with van der Waals surface area (Å²) in [5.41, 5.74) is 7.99. The number of benzene rings is 1. The van der Waals surface area contributed by atoms with Crippen LogP contribution >= 0.6 is 0 Å². The maximum Gasteiger partial charge on any atom is 0.310 e. The zero-order chi connectivity index (χ0) is 12.4. The van der Waals surface area contributed by atoms with Gasteiger partial charge in [-0.15, -0.1) is 0 Å². The number of hydrogen-bond donors (Lipinski definition) is 4. The van der Waals surface area contributed by atoms with Gasteiger partial charge in [0.25, 0.3) is 0 Å². The molecule has 17 heavy (non-hydrogen) atoms. The van der Waals surface area contributed by atoms with Gasteiger partial charge in [0.1, 0.15) is 0 Å². The summed E-state index contributed by atoms with van der Waals surface area (Å²) in [6.07, 6.45) is 0. The maximum atomic E-state index is 11.3. The SMILES string of the molecule is CNc1cccc(C2NNC(C)C2C(=O)O)c1. The molecule has 1 aromatic carbocycles. The van der Waals surface area contributed by atoms with Crippen LogP contribution in [0.25, 0.3) is 0 Å². The molecule has 4 N–H and O–H groups in total. The molecular weight excluding hydrogens is 218 g/mol. The Morgan fingerprint density at radius 3 is 2.82 bits per heavy atom. The van der Waals surface area contributed by atoms with Crippen molar-refractivity contribution in [2.24, 2.45) is 5.92 Å². The number of hydrazine groups is 1. The summed E-state index contributed by atoms with van der Waals surface area (Å²) in [7, 11) is 1.84. The van der Waals surface area contributed by atoms with Gasteiger partial charge in [-0.3, -0.25) is 10.2 Å². The lowest BCUT2D eigenvalue weighted by molar-refractivity contribution is -0.142. The Morgan fingerprint density at radius 1 is 1.41 bits per heavy atom. The standard InChI is InChI=1S/C12H17N3O2/c1-7-10(12(16)17)11(15-14-7)8-4-3-5-9(6-8)13-2/h3-7,10-11,13-15H,1-2H3,(H,16,17). The van der Waals surface area contributed by atoms with E-state index in [4.69, 9.17) is 0 Å². The summed E-state index contributed by atoms with van der Waals surface area (Å²) in [6.45, 7) is 1.87. The monoisotopic (exact) mass is 235 g/mol. The van der Waals surface area contributed by atoms with E-state index >= 15 is 0 Å². The maximum absolute atomic E-state index is 11.3. The van der Waals surface area contributed by atoms with Crippen molar-refractivity contribution in [1.82, 2.24) is 10.9 Å². The average Bonchev–Trinajstić information content (AvgIpc) is 2.71. The van der Waals surface area contributed by atoms with Crippen molar-refractivity contribution in [3.63, 3.8) is 0 Å². The highest BCUT2D eigenvalue weighted by molar-refractivity contribution is 5.72. The predicted molar refractivity (Wildman–Crippen MR) is 65.6 cm³/mol. The number of carboxylic acids is 1. The van der Waals surface area contributed by atoms with Gasteiger partial charge in [0.15, 0.2) is 0 Å². The van der Waals surface area contributed by atoms with Crippen molar-refractivity contribution in [1.29, 1.82) is 0 Å². The van der Waals surface area contributed by atoms with Crippen LogP contribution in [0.15, 0.2) is 24.3 Å². The Balaban J connectivity index is 2.29. The molecule has 0 bridgehead atoms. The Bertz CT molecular complexity index is 422. The molecule has 1 saturated heterocycles. The molecule has 1 heterocycles. The molecule has 5 nitrogen and oxygen atoms in total. The highest BCUT2D eigenvalue weighted by Crippen LogP contribution is 2.30. The summed E-state index contributed by atoms with van der Waals surface area (Å²) in [6, 6.07) is 7.49. The van der Waals surface area contributed by atoms with Crippen LogP contribution in [-0.4, -0.2) is 24.2 Å². The highest BCUT2D eigenvalue weighted by atomic mass is 16.4. The molecule has 2 rings (SSSR count). The Morgan fingerprint density at radius 2 is 2.18 bits per heavy atom. The van der Waals surface area contributed by atoms with Crippen molar-refractivity contribution in [2.45, 2.75) is 19.0 Å². The lowest BCUT2D eigenvalue weighted by Gasteiger charge is -2.17. The molecule has 0 spiro atoms. The third kappa shape index (κ3) is 2.25. The van der Waals surface area contributed by atoms with Gasteiger partial charge in [0.05, 0.1) is 12.0 Å². The fourth-order valence-electron chi connectivity index (χ4n) is 2.22. The minimum absolute atomic E-state index is 0.0873. The summed E-state index contributed by atoms with van der Waals surface area (Å²) in [5.74, 6) is -1.24. The normalized spacial score (nSPS) is 28.0. The lowest BCUT2D eigenvalue weighted by Crippen LogP contribution is -2.30. The van der Waals surface area contributed by atoms with Crippen molar-refractivity contribution >= 4 is 11.7 Å². The first-order valence-electron chi connectivity index (χ1n) is 5.65. The summed E-state index contributed by atoms with van der Waals surface area (Å²) < 4.78 is 0. The van der Waals surface area contributed by atoms with Gasteiger partial charge in [-0.1, -0.05) is 12.1 Å². The quantitative estimate of drug-likeness (QED) is 0.628. The number of carbonyl (C=O) groups is 1. The van der Waals surface area contributed by atoms with E-state index < -0.39 is 11.9 Å². The van der Waals surface area contributed by atoms with E-state index in [0.29, 0.717) is 0 Å². The van der Waals surface area contributed by atoms with E-state index in [1.165, 1.54) is 0 Å². The van der Waals surface area contributed by atoms with Crippen LogP contribution in [0, 0.1) is 5.92 Å². The molecule has 0 aliphatic carbocycles. The molecular formula is C12H17N3O2. The fraction of sp³-hybridized carbons (Fsp3) is 0.417. The zero-order valence-corrected chi connectivity index (χ0v) is 9.90. The second kappa shape index (κ2) is 4.73. The Labute approximate surface area is 100 Å². The first-order valence-corrected chi connectivity index (χ1v) is 5.65. The van der Waals surface area contributed by atoms with Gasteiger partial charge in [0, 0.05) is 18.8 Å². The molecule has 0 radical (unpaired) electrons. The van der Waals surface area contributed by atoms with Crippen LogP contribution in [0.2, 0.25) is 0 Å². The third-order valence-electron chi connectivity index (χ3n) is 3.18. The molecule has 0 aromatic heterocycles. The topological polar surface area (TPSA) is 73.4 Å². The molecule has 3 atom stereocenters. The van der Waals surface area contributed by atoms with Crippen LogP contribution in [0.3, 0.4) is 0 Å². The molecule has 0 amide bonds. The molecule has 1 aromatic rings. The Hall–Kier alpha value is -1.59. The lowest BCUT2D eigenvalue weighted by atomic mass is 9.90. The first kappa shape index (κ1) is 11.9. The second-order valence-corrected chi connectivity index (χ2v) is 4.29. The number of nitrogens with one attached hydrogen (secondary N) is 3. The number of carboxylic acid groups (broad SMARTS) is 1. The predicted octanol–water partition coefficient (Wildman–Crippen LogP) is 0.966. The van der Waals surface area contributed by atoms with Gasteiger partial charge < -0.3 is 10.4 Å². The molecule has 1 aliphatic heterocycles. The largest absolute Gasteiger partial charge is 0.481 e. The van der Waals surface area contributed by atoms with Crippen LogP contribution in [-0.2, 0) is 4.79 Å². The van der Waals surface area contributed by atoms with Crippen LogP contribution in [0.4, 0.5) is 5.69 Å². The number of aliphatic carboxylic acids is 1. The fourth-order valence-corrected chi connectivity index (χ4v) is 2.22. The van der Waals surface area contributed by atoms with E-state index in [1.54, 1.807) is 0 Å². The van der Waals surface area contributed by atoms with Crippen molar-refractivity contribution in [2.75, 3.05) is 12.4 Å². The van der Waals surface area contributed by atoms with Gasteiger partial charge in [0.2, 0.25) is 0 Å². The van der Waals surface area contributed by atoms with Crippen LogP contribution < -0.4 is 16.2 Å². The van der Waals surface area contributed by atoms with Crippen molar-refractivity contribution in [3.8, 4) is 0 Å². The van der Waals surface area contributed by atoms with E-state index in [9.17, 15) is 9.90 Å².